The van der Waals surface area contributed by atoms with Gasteiger partial charge in [-0.25, -0.2) is 0 Å². The minimum Gasteiger partial charge on any atom is -0.342 e. The number of hydrogen-bond acceptors (Lipinski definition) is 2. The lowest BCUT2D eigenvalue weighted by Gasteiger charge is -2.35. The van der Waals surface area contributed by atoms with Gasteiger partial charge in [-0.2, -0.15) is 0 Å². The highest BCUT2D eigenvalue weighted by Crippen LogP contribution is 2.16. The topological polar surface area (TPSA) is 23.6 Å². The third-order valence-corrected chi connectivity index (χ3v) is 3.32. The van der Waals surface area contributed by atoms with Crippen LogP contribution < -0.4 is 0 Å². The average molecular weight is 263 g/mol. The number of alkyl halides is 1. The molecule has 1 fully saturated rings. The monoisotopic (exact) mass is 262 g/mol. The molecule has 0 spiro atoms. The van der Waals surface area contributed by atoms with E-state index in [2.05, 4.69) is 27.9 Å². The van der Waals surface area contributed by atoms with E-state index in [9.17, 15) is 4.79 Å². The molecular weight excluding hydrogens is 244 g/mol. The summed E-state index contributed by atoms with van der Waals surface area (Å²) in [5.74, 6) is 0.194. The third-order valence-electron chi connectivity index (χ3n) is 2.92. The van der Waals surface area contributed by atoms with E-state index in [0.717, 1.165) is 25.9 Å². The molecule has 0 aromatic heterocycles. The largest absolute Gasteiger partial charge is 0.342 e. The van der Waals surface area contributed by atoms with Crippen LogP contribution in [0.5, 0.6) is 0 Å². The molecule has 1 unspecified atom stereocenters. The molecule has 1 aliphatic heterocycles. The molecule has 1 heterocycles. The Kier molecular flexibility index (Phi) is 4.38. The van der Waals surface area contributed by atoms with Crippen molar-refractivity contribution in [1.29, 1.82) is 0 Å². The third kappa shape index (κ3) is 2.95. The van der Waals surface area contributed by atoms with Crippen molar-refractivity contribution in [2.24, 2.45) is 0 Å². The molecular formula is C10H19BrN2O. The SMILES string of the molecule is CC(Br)C(=O)N(C)C1CCN(C)CC1. The molecule has 1 atom stereocenters. The molecule has 0 bridgehead atoms. The number of carbonyl (C=O) groups excluding carboxylic acids is 1. The van der Waals surface area contributed by atoms with Gasteiger partial charge in [-0.1, -0.05) is 15.9 Å². The normalized spacial score (nSPS) is 22.0. The van der Waals surface area contributed by atoms with Gasteiger partial charge in [-0.3, -0.25) is 4.79 Å². The van der Waals surface area contributed by atoms with Gasteiger partial charge >= 0.3 is 0 Å². The van der Waals surface area contributed by atoms with E-state index in [1.165, 1.54) is 0 Å². The van der Waals surface area contributed by atoms with Gasteiger partial charge in [0, 0.05) is 13.1 Å². The number of halogens is 1. The fourth-order valence-electron chi connectivity index (χ4n) is 1.84. The van der Waals surface area contributed by atoms with Crippen molar-refractivity contribution in [3.63, 3.8) is 0 Å². The fourth-order valence-corrected chi connectivity index (χ4v) is 2.17. The molecule has 0 N–H and O–H groups in total. The molecule has 0 saturated carbocycles. The summed E-state index contributed by atoms with van der Waals surface area (Å²) in [6.45, 7) is 4.08. The van der Waals surface area contributed by atoms with Crippen LogP contribution in [0.15, 0.2) is 0 Å². The molecule has 14 heavy (non-hydrogen) atoms. The number of rotatable bonds is 2. The zero-order chi connectivity index (χ0) is 10.7. The summed E-state index contributed by atoms with van der Waals surface area (Å²) < 4.78 is 0. The van der Waals surface area contributed by atoms with Crippen LogP contribution in [0.1, 0.15) is 19.8 Å². The van der Waals surface area contributed by atoms with Gasteiger partial charge in [-0.15, -0.1) is 0 Å². The molecule has 4 heteroatoms. The first kappa shape index (κ1) is 12.0. The standard InChI is InChI=1S/C10H19BrN2O/c1-8(11)10(14)13(3)9-4-6-12(2)7-5-9/h8-9H,4-7H2,1-3H3. The van der Waals surface area contributed by atoms with E-state index < -0.39 is 0 Å². The summed E-state index contributed by atoms with van der Waals surface area (Å²) in [6, 6.07) is 0.429. The van der Waals surface area contributed by atoms with Gasteiger partial charge < -0.3 is 9.80 Å². The molecule has 1 aliphatic rings. The van der Waals surface area contributed by atoms with Crippen molar-refractivity contribution in [1.82, 2.24) is 9.80 Å². The van der Waals surface area contributed by atoms with Gasteiger partial charge in [0.2, 0.25) is 5.91 Å². The Morgan fingerprint density at radius 2 is 2.00 bits per heavy atom. The van der Waals surface area contributed by atoms with Crippen LogP contribution in [0.4, 0.5) is 0 Å². The number of hydrogen-bond donors (Lipinski definition) is 0. The molecule has 82 valence electrons. The molecule has 0 aromatic rings. The summed E-state index contributed by atoms with van der Waals surface area (Å²) in [6.07, 6.45) is 2.19. The molecule has 3 nitrogen and oxygen atoms in total. The summed E-state index contributed by atoms with van der Waals surface area (Å²) in [5, 5.41) is 0. The van der Waals surface area contributed by atoms with Crippen LogP contribution in [0.2, 0.25) is 0 Å². The predicted molar refractivity (Wildman–Crippen MR) is 61.7 cm³/mol. The lowest BCUT2D eigenvalue weighted by molar-refractivity contribution is -0.131. The number of likely N-dealkylation sites (tertiary alicyclic amines) is 1. The minimum absolute atomic E-state index is 0.0628. The van der Waals surface area contributed by atoms with Crippen LogP contribution in [0.25, 0.3) is 0 Å². The second kappa shape index (κ2) is 5.12. The van der Waals surface area contributed by atoms with Crippen LogP contribution in [-0.4, -0.2) is 53.8 Å². The highest BCUT2D eigenvalue weighted by atomic mass is 79.9. The number of amides is 1. The maximum Gasteiger partial charge on any atom is 0.236 e. The van der Waals surface area contributed by atoms with E-state index in [1.54, 1.807) is 0 Å². The van der Waals surface area contributed by atoms with Gasteiger partial charge in [-0.05, 0) is 39.9 Å². The van der Waals surface area contributed by atoms with Crippen LogP contribution in [0, 0.1) is 0 Å². The minimum atomic E-state index is -0.0628. The first-order chi connectivity index (χ1) is 6.52. The van der Waals surface area contributed by atoms with E-state index >= 15 is 0 Å². The Balaban J connectivity index is 2.45. The zero-order valence-electron chi connectivity index (χ0n) is 9.16. The van der Waals surface area contributed by atoms with E-state index in [-0.39, 0.29) is 10.7 Å². The lowest BCUT2D eigenvalue weighted by Crippen LogP contribution is -2.46. The van der Waals surface area contributed by atoms with Crippen molar-refractivity contribution in [2.45, 2.75) is 30.6 Å². The predicted octanol–water partition coefficient (Wildman–Crippen LogP) is 1.32. The van der Waals surface area contributed by atoms with Crippen LogP contribution >= 0.6 is 15.9 Å². The first-order valence-electron chi connectivity index (χ1n) is 5.11. The van der Waals surface area contributed by atoms with Crippen molar-refractivity contribution < 1.29 is 4.79 Å². The first-order valence-corrected chi connectivity index (χ1v) is 6.03. The average Bonchev–Trinajstić information content (AvgIpc) is 2.16. The second-order valence-corrected chi connectivity index (χ2v) is 5.47. The summed E-state index contributed by atoms with van der Waals surface area (Å²) in [7, 11) is 4.04. The van der Waals surface area contributed by atoms with E-state index in [0.29, 0.717) is 6.04 Å². The smallest absolute Gasteiger partial charge is 0.236 e. The Labute approximate surface area is 94.6 Å². The summed E-state index contributed by atoms with van der Waals surface area (Å²) in [4.78, 5) is 15.8. The van der Waals surface area contributed by atoms with Gasteiger partial charge in [0.25, 0.3) is 0 Å². The van der Waals surface area contributed by atoms with Crippen LogP contribution in [0.3, 0.4) is 0 Å². The Bertz CT molecular complexity index is 200. The summed E-state index contributed by atoms with van der Waals surface area (Å²) in [5.41, 5.74) is 0. The molecule has 0 radical (unpaired) electrons. The highest BCUT2D eigenvalue weighted by molar-refractivity contribution is 9.10. The maximum absolute atomic E-state index is 11.7. The Hall–Kier alpha value is -0.0900. The van der Waals surface area contributed by atoms with E-state index in [4.69, 9.17) is 0 Å². The van der Waals surface area contributed by atoms with Gasteiger partial charge in [0.05, 0.1) is 4.83 Å². The fraction of sp³-hybridized carbons (Fsp3) is 0.900. The molecule has 0 aromatic carbocycles. The maximum atomic E-state index is 11.7. The highest BCUT2D eigenvalue weighted by Gasteiger charge is 2.25. The lowest BCUT2D eigenvalue weighted by atomic mass is 10.0. The van der Waals surface area contributed by atoms with Crippen LogP contribution in [-0.2, 0) is 4.79 Å². The molecule has 1 amide bonds. The zero-order valence-corrected chi connectivity index (χ0v) is 10.7. The Morgan fingerprint density at radius 3 is 2.43 bits per heavy atom. The second-order valence-electron chi connectivity index (χ2n) is 4.10. The van der Waals surface area contributed by atoms with Crippen molar-refractivity contribution in [2.75, 3.05) is 27.2 Å². The molecule has 0 aliphatic carbocycles. The van der Waals surface area contributed by atoms with Crippen molar-refractivity contribution >= 4 is 21.8 Å². The quantitative estimate of drug-likeness (QED) is 0.701. The number of piperidine rings is 1. The molecule has 1 rings (SSSR count). The van der Waals surface area contributed by atoms with Crippen molar-refractivity contribution in [3.8, 4) is 0 Å². The van der Waals surface area contributed by atoms with E-state index in [1.807, 2.05) is 18.9 Å². The van der Waals surface area contributed by atoms with Gasteiger partial charge in [0.15, 0.2) is 0 Å². The number of carbonyl (C=O) groups is 1. The van der Waals surface area contributed by atoms with Crippen molar-refractivity contribution in [3.05, 3.63) is 0 Å². The number of nitrogens with zero attached hydrogens (tertiary/aromatic N) is 2. The summed E-state index contributed by atoms with van der Waals surface area (Å²) >= 11 is 3.32. The molecule has 1 saturated heterocycles. The Morgan fingerprint density at radius 1 is 1.50 bits per heavy atom. The van der Waals surface area contributed by atoms with Gasteiger partial charge in [0.1, 0.15) is 0 Å².